The summed E-state index contributed by atoms with van der Waals surface area (Å²) >= 11 is 0. The molecule has 5 aliphatic rings. The summed E-state index contributed by atoms with van der Waals surface area (Å²) in [7, 11) is 0. The van der Waals surface area contributed by atoms with Crippen molar-refractivity contribution < 1.29 is 129 Å². The van der Waals surface area contributed by atoms with E-state index in [0.29, 0.717) is 0 Å². The fourth-order valence-electron chi connectivity index (χ4n) is 7.01. The van der Waals surface area contributed by atoms with Crippen LogP contribution in [0.2, 0.25) is 0 Å². The van der Waals surface area contributed by atoms with Gasteiger partial charge in [0.25, 0.3) is 0 Å². The molecule has 16 N–H and O–H groups in total. The molecule has 5 heterocycles. The van der Waals surface area contributed by atoms with Crippen LogP contribution in [-0.2, 0) is 42.6 Å². The Kier molecular flexibility index (Phi) is 16.1. The van der Waals surface area contributed by atoms with Gasteiger partial charge < -0.3 is 124 Å². The molecule has 0 bridgehead atoms. The zero-order valence-electron chi connectivity index (χ0n) is 29.2. The molecule has 25 atom stereocenters. The van der Waals surface area contributed by atoms with Crippen LogP contribution < -0.4 is 0 Å². The molecule has 5 saturated heterocycles. The van der Waals surface area contributed by atoms with Crippen LogP contribution >= 0.6 is 0 Å². The molecular formula is C30H51FO25. The van der Waals surface area contributed by atoms with Gasteiger partial charge in [0.05, 0.1) is 33.0 Å². The van der Waals surface area contributed by atoms with E-state index >= 15 is 0 Å². The summed E-state index contributed by atoms with van der Waals surface area (Å²) in [5.74, 6) is 0. The second-order valence-corrected chi connectivity index (χ2v) is 13.9. The number of alkyl halides is 1. The summed E-state index contributed by atoms with van der Waals surface area (Å²) in [4.78, 5) is 0. The zero-order chi connectivity index (χ0) is 41.3. The summed E-state index contributed by atoms with van der Waals surface area (Å²) in [6.45, 7) is -4.62. The van der Waals surface area contributed by atoms with Crippen LogP contribution in [0.25, 0.3) is 0 Å². The predicted molar refractivity (Wildman–Crippen MR) is 165 cm³/mol. The van der Waals surface area contributed by atoms with Crippen molar-refractivity contribution >= 4 is 0 Å². The molecule has 0 radical (unpaired) electrons. The smallest absolute Gasteiger partial charge is 0.228 e. The second-order valence-electron chi connectivity index (χ2n) is 13.9. The average molecular weight is 831 g/mol. The topological polar surface area (TPSA) is 407 Å². The fourth-order valence-corrected chi connectivity index (χ4v) is 7.01. The van der Waals surface area contributed by atoms with Gasteiger partial charge in [0.2, 0.25) is 6.36 Å². The Morgan fingerprint density at radius 1 is 0.304 bits per heavy atom. The minimum atomic E-state index is -2.40. The number of ether oxygens (including phenoxy) is 9. The Morgan fingerprint density at radius 2 is 0.554 bits per heavy atom. The van der Waals surface area contributed by atoms with Crippen LogP contribution in [0.15, 0.2) is 0 Å². The molecule has 0 saturated carbocycles. The van der Waals surface area contributed by atoms with Crippen LogP contribution in [0, 0.1) is 0 Å². The Morgan fingerprint density at radius 3 is 0.857 bits per heavy atom. The lowest BCUT2D eigenvalue weighted by atomic mass is 9.95. The molecule has 26 heteroatoms. The lowest BCUT2D eigenvalue weighted by Gasteiger charge is -2.49. The largest absolute Gasteiger partial charge is 0.394 e. The highest BCUT2D eigenvalue weighted by atomic mass is 19.1. The molecule has 0 aromatic carbocycles. The van der Waals surface area contributed by atoms with E-state index < -0.39 is 187 Å². The normalized spacial score (nSPS) is 53.2. The van der Waals surface area contributed by atoms with Crippen molar-refractivity contribution in [2.45, 2.75) is 154 Å². The zero-order valence-corrected chi connectivity index (χ0v) is 29.2. The van der Waals surface area contributed by atoms with Crippen molar-refractivity contribution in [3.05, 3.63) is 0 Å². The molecule has 0 spiro atoms. The Hall–Kier alpha value is -1.07. The molecule has 328 valence electrons. The van der Waals surface area contributed by atoms with E-state index in [9.17, 15) is 86.1 Å². The molecule has 5 fully saturated rings. The Balaban J connectivity index is 1.22. The van der Waals surface area contributed by atoms with Crippen molar-refractivity contribution in [1.29, 1.82) is 0 Å². The molecule has 0 unspecified atom stereocenters. The molecule has 0 aromatic heterocycles. The van der Waals surface area contributed by atoms with E-state index in [2.05, 4.69) is 0 Å². The van der Waals surface area contributed by atoms with Crippen molar-refractivity contribution in [2.24, 2.45) is 0 Å². The first-order chi connectivity index (χ1) is 26.5. The standard InChI is InChI=1S/C30H51FO25/c31-26-17(43)13(39)22(7(2-33)48-26)53-28-19(45)15(41)24(9(4-35)50-28)55-30-21(47)16(42)25(10(5-36)52-30)56-29-20(46)14(40)23(8(3-34)51-29)54-27-18(44)12(38)11(37)6(1-32)49-27/h6-30,32-47H,1-5H2/t6-,7-,8-,9-,10-,11-,12+,13-,14-,15-,16-,17-,18-,19-,20-,21-,22-,23-,24-,25-,26+,27-,28-,29-,30-/m1/s1. The van der Waals surface area contributed by atoms with E-state index in [-0.39, 0.29) is 0 Å². The van der Waals surface area contributed by atoms with Crippen molar-refractivity contribution in [3.63, 3.8) is 0 Å². The molecule has 0 amide bonds. The lowest BCUT2D eigenvalue weighted by Crippen LogP contribution is -2.68. The van der Waals surface area contributed by atoms with Gasteiger partial charge in [0.15, 0.2) is 25.2 Å². The first-order valence-electron chi connectivity index (χ1n) is 17.6. The van der Waals surface area contributed by atoms with Gasteiger partial charge in [0, 0.05) is 0 Å². The van der Waals surface area contributed by atoms with Gasteiger partial charge in [-0.05, 0) is 0 Å². The molecule has 5 aliphatic heterocycles. The minimum Gasteiger partial charge on any atom is -0.394 e. The van der Waals surface area contributed by atoms with Crippen LogP contribution in [0.3, 0.4) is 0 Å². The molecule has 0 aliphatic carbocycles. The number of rotatable bonds is 13. The van der Waals surface area contributed by atoms with Gasteiger partial charge in [-0.1, -0.05) is 0 Å². The molecule has 5 rings (SSSR count). The van der Waals surface area contributed by atoms with Gasteiger partial charge in [-0.25, -0.2) is 4.39 Å². The highest BCUT2D eigenvalue weighted by molar-refractivity contribution is 4.99. The SMILES string of the molecule is OC[C@H]1O[C@H](O[C@H]2[C@H](O)[C@@H](O)[C@@H](O[C@H]3[C@H](O)[C@@H](O)[C@@H](O[C@H]4[C@H](O)[C@@H](O)[C@@H](O[C@H]5[C@H](O)[C@@H](O)[C@@H](F)O[C@@H]5CO)O[C@@H]4CO)O[C@@H]3CO)O[C@@H]2CO)[C@H](O)[C@@H](O)[C@@H]1O. The highest BCUT2D eigenvalue weighted by Gasteiger charge is 2.56. The Bertz CT molecular complexity index is 1200. The van der Waals surface area contributed by atoms with E-state index in [1.807, 2.05) is 0 Å². The number of hydrogen-bond donors (Lipinski definition) is 16. The van der Waals surface area contributed by atoms with Gasteiger partial charge in [-0.2, -0.15) is 0 Å². The Labute approximate surface area is 315 Å². The summed E-state index contributed by atoms with van der Waals surface area (Å²) < 4.78 is 62.6. The van der Waals surface area contributed by atoms with Crippen LogP contribution in [0.5, 0.6) is 0 Å². The van der Waals surface area contributed by atoms with Gasteiger partial charge in [-0.15, -0.1) is 0 Å². The van der Waals surface area contributed by atoms with E-state index in [1.165, 1.54) is 0 Å². The van der Waals surface area contributed by atoms with Crippen LogP contribution in [0.1, 0.15) is 0 Å². The van der Waals surface area contributed by atoms with Gasteiger partial charge in [-0.3, -0.25) is 0 Å². The van der Waals surface area contributed by atoms with Crippen molar-refractivity contribution in [1.82, 2.24) is 0 Å². The number of aliphatic hydroxyl groups excluding tert-OH is 16. The maximum Gasteiger partial charge on any atom is 0.228 e. The predicted octanol–water partition coefficient (Wildman–Crippen LogP) is -10.9. The highest BCUT2D eigenvalue weighted by Crippen LogP contribution is 2.35. The number of hydrogen-bond acceptors (Lipinski definition) is 25. The summed E-state index contributed by atoms with van der Waals surface area (Å²) in [5.41, 5.74) is 0. The van der Waals surface area contributed by atoms with E-state index in [0.717, 1.165) is 0 Å². The van der Waals surface area contributed by atoms with Crippen molar-refractivity contribution in [3.8, 4) is 0 Å². The van der Waals surface area contributed by atoms with Gasteiger partial charge in [0.1, 0.15) is 122 Å². The average Bonchev–Trinajstić information content (AvgIpc) is 3.19. The third-order valence-electron chi connectivity index (χ3n) is 10.3. The monoisotopic (exact) mass is 830 g/mol. The number of aliphatic hydroxyl groups is 16. The maximum atomic E-state index is 13.9. The third kappa shape index (κ3) is 9.15. The second kappa shape index (κ2) is 19.5. The lowest BCUT2D eigenvalue weighted by molar-refractivity contribution is -0.392. The molecule has 56 heavy (non-hydrogen) atoms. The molecule has 0 aromatic rings. The van der Waals surface area contributed by atoms with Crippen LogP contribution in [0.4, 0.5) is 4.39 Å². The summed E-state index contributed by atoms with van der Waals surface area (Å²) in [5, 5.41) is 165. The van der Waals surface area contributed by atoms with E-state index in [4.69, 9.17) is 42.6 Å². The first kappa shape index (κ1) is 46.0. The fraction of sp³-hybridized carbons (Fsp3) is 1.00. The third-order valence-corrected chi connectivity index (χ3v) is 10.3. The first-order valence-corrected chi connectivity index (χ1v) is 17.6. The maximum absolute atomic E-state index is 13.9. The summed E-state index contributed by atoms with van der Waals surface area (Å²) in [6.07, 6.45) is -47.1. The van der Waals surface area contributed by atoms with E-state index in [1.54, 1.807) is 0 Å². The quantitative estimate of drug-likeness (QED) is 0.0819. The number of halogens is 1. The summed E-state index contributed by atoms with van der Waals surface area (Å²) in [6, 6.07) is 0. The molecule has 25 nitrogen and oxygen atoms in total. The van der Waals surface area contributed by atoms with Crippen LogP contribution in [-0.4, -0.2) is 268 Å². The molecular weight excluding hydrogens is 779 g/mol. The van der Waals surface area contributed by atoms with Crippen molar-refractivity contribution in [2.75, 3.05) is 33.0 Å². The minimum absolute atomic E-state index is 0.814. The van der Waals surface area contributed by atoms with Gasteiger partial charge >= 0.3 is 0 Å².